The molecule has 2 rings (SSSR count). The maximum absolute atomic E-state index is 11.6. The summed E-state index contributed by atoms with van der Waals surface area (Å²) < 4.78 is 0. The number of carbonyl (C=O) groups excluding carboxylic acids is 1. The van der Waals surface area contributed by atoms with Crippen molar-refractivity contribution in [3.8, 4) is 0 Å². The lowest BCUT2D eigenvalue weighted by atomic mass is 10.2. The molecule has 0 radical (unpaired) electrons. The summed E-state index contributed by atoms with van der Waals surface area (Å²) in [6.45, 7) is 2.34. The summed E-state index contributed by atoms with van der Waals surface area (Å²) in [5.41, 5.74) is 2.36. The molecule has 0 spiro atoms. The van der Waals surface area contributed by atoms with Gasteiger partial charge in [0.1, 0.15) is 6.33 Å². The smallest absolute Gasteiger partial charge is 0.254 e. The van der Waals surface area contributed by atoms with E-state index >= 15 is 0 Å². The number of amides is 1. The van der Waals surface area contributed by atoms with Crippen LogP contribution in [0.4, 0.5) is 0 Å². The monoisotopic (exact) mass is 217 g/mol. The highest BCUT2D eigenvalue weighted by Gasteiger charge is 2.06. The second-order valence-electron chi connectivity index (χ2n) is 3.33. The van der Waals surface area contributed by atoms with Crippen molar-refractivity contribution in [3.05, 3.63) is 41.7 Å². The average molecular weight is 217 g/mol. The lowest BCUT2D eigenvalue weighted by molar-refractivity contribution is 0.0950. The van der Waals surface area contributed by atoms with Crippen LogP contribution >= 0.6 is 0 Å². The van der Waals surface area contributed by atoms with Gasteiger partial charge in [0.2, 0.25) is 0 Å². The number of nitrogens with one attached hydrogen (secondary N) is 2. The first-order valence-corrected chi connectivity index (χ1v) is 4.79. The van der Waals surface area contributed by atoms with Crippen molar-refractivity contribution in [1.82, 2.24) is 25.5 Å². The highest BCUT2D eigenvalue weighted by atomic mass is 16.1. The Balaban J connectivity index is 1.97. The van der Waals surface area contributed by atoms with E-state index in [4.69, 9.17) is 0 Å². The van der Waals surface area contributed by atoms with Gasteiger partial charge in [0.25, 0.3) is 5.91 Å². The number of aromatic nitrogens is 4. The Morgan fingerprint density at radius 3 is 2.75 bits per heavy atom. The van der Waals surface area contributed by atoms with Gasteiger partial charge in [0.15, 0.2) is 0 Å². The largest absolute Gasteiger partial charge is 0.348 e. The second kappa shape index (κ2) is 4.52. The molecular formula is C10H11N5O. The maximum Gasteiger partial charge on any atom is 0.254 e. The second-order valence-corrected chi connectivity index (χ2v) is 3.33. The van der Waals surface area contributed by atoms with Crippen LogP contribution in [0.15, 0.2) is 24.9 Å². The van der Waals surface area contributed by atoms with Gasteiger partial charge in [-0.25, -0.2) is 9.97 Å². The van der Waals surface area contributed by atoms with Crippen LogP contribution in [0.3, 0.4) is 0 Å². The molecule has 0 atom stereocenters. The standard InChI is InChI=1S/C10H11N5O/c1-7-8(5-14-15-7)4-13-10(16)9-2-11-6-12-3-9/h2-3,5-6H,4H2,1H3,(H,13,16)(H,14,15). The number of hydrogen-bond acceptors (Lipinski definition) is 4. The minimum Gasteiger partial charge on any atom is -0.348 e. The Hall–Kier alpha value is -2.24. The van der Waals surface area contributed by atoms with Gasteiger partial charge in [0.05, 0.1) is 11.8 Å². The van der Waals surface area contributed by atoms with E-state index in [1.807, 2.05) is 6.92 Å². The van der Waals surface area contributed by atoms with Gasteiger partial charge in [-0.1, -0.05) is 0 Å². The zero-order valence-electron chi connectivity index (χ0n) is 8.77. The summed E-state index contributed by atoms with van der Waals surface area (Å²) in [6.07, 6.45) is 6.03. The van der Waals surface area contributed by atoms with Gasteiger partial charge in [-0.2, -0.15) is 5.10 Å². The van der Waals surface area contributed by atoms with E-state index in [-0.39, 0.29) is 5.91 Å². The summed E-state index contributed by atoms with van der Waals surface area (Å²) in [6, 6.07) is 0. The normalized spacial score (nSPS) is 10.1. The van der Waals surface area contributed by atoms with E-state index in [0.717, 1.165) is 11.3 Å². The minimum absolute atomic E-state index is 0.193. The Morgan fingerprint density at radius 1 is 1.38 bits per heavy atom. The molecule has 6 nitrogen and oxygen atoms in total. The van der Waals surface area contributed by atoms with Crippen molar-refractivity contribution in [2.24, 2.45) is 0 Å². The predicted octanol–water partition coefficient (Wildman–Crippen LogP) is 0.438. The lowest BCUT2D eigenvalue weighted by Gasteiger charge is -2.03. The van der Waals surface area contributed by atoms with Gasteiger partial charge < -0.3 is 5.32 Å². The Morgan fingerprint density at radius 2 is 2.12 bits per heavy atom. The molecule has 0 aliphatic rings. The van der Waals surface area contributed by atoms with E-state index in [9.17, 15) is 4.79 Å². The van der Waals surface area contributed by atoms with Gasteiger partial charge in [-0.05, 0) is 6.92 Å². The summed E-state index contributed by atoms with van der Waals surface area (Å²) >= 11 is 0. The molecule has 2 aromatic heterocycles. The number of aryl methyl sites for hydroxylation is 1. The van der Waals surface area contributed by atoms with Crippen LogP contribution in [0.25, 0.3) is 0 Å². The quantitative estimate of drug-likeness (QED) is 0.781. The molecule has 0 saturated carbocycles. The van der Waals surface area contributed by atoms with E-state index in [2.05, 4.69) is 25.5 Å². The van der Waals surface area contributed by atoms with Crippen molar-refractivity contribution in [2.75, 3.05) is 0 Å². The lowest BCUT2D eigenvalue weighted by Crippen LogP contribution is -2.23. The summed E-state index contributed by atoms with van der Waals surface area (Å²) in [5.74, 6) is -0.193. The van der Waals surface area contributed by atoms with Crippen LogP contribution < -0.4 is 5.32 Å². The zero-order valence-corrected chi connectivity index (χ0v) is 8.77. The molecule has 0 fully saturated rings. The third-order valence-corrected chi connectivity index (χ3v) is 2.20. The molecule has 82 valence electrons. The SMILES string of the molecule is Cc1[nH]ncc1CNC(=O)c1cncnc1. The fourth-order valence-corrected chi connectivity index (χ4v) is 1.25. The number of aromatic amines is 1. The van der Waals surface area contributed by atoms with Crippen molar-refractivity contribution in [3.63, 3.8) is 0 Å². The van der Waals surface area contributed by atoms with E-state index in [0.29, 0.717) is 12.1 Å². The number of carbonyl (C=O) groups is 1. The predicted molar refractivity (Wildman–Crippen MR) is 56.5 cm³/mol. The van der Waals surface area contributed by atoms with E-state index in [1.165, 1.54) is 18.7 Å². The van der Waals surface area contributed by atoms with Crippen molar-refractivity contribution < 1.29 is 4.79 Å². The molecule has 1 amide bonds. The molecule has 2 heterocycles. The number of hydrogen-bond donors (Lipinski definition) is 2. The molecule has 0 aromatic carbocycles. The number of H-pyrrole nitrogens is 1. The Bertz CT molecular complexity index is 479. The summed E-state index contributed by atoms with van der Waals surface area (Å²) in [4.78, 5) is 19.2. The molecule has 2 aromatic rings. The third-order valence-electron chi connectivity index (χ3n) is 2.20. The van der Waals surface area contributed by atoms with Crippen molar-refractivity contribution in [1.29, 1.82) is 0 Å². The van der Waals surface area contributed by atoms with Gasteiger partial charge in [0, 0.05) is 30.2 Å². The molecule has 0 bridgehead atoms. The van der Waals surface area contributed by atoms with Gasteiger partial charge >= 0.3 is 0 Å². The first-order chi connectivity index (χ1) is 7.77. The van der Waals surface area contributed by atoms with Gasteiger partial charge in [-0.3, -0.25) is 9.89 Å². The first-order valence-electron chi connectivity index (χ1n) is 4.79. The van der Waals surface area contributed by atoms with Crippen molar-refractivity contribution in [2.45, 2.75) is 13.5 Å². The molecule has 0 unspecified atom stereocenters. The van der Waals surface area contributed by atoms with Crippen LogP contribution in [0, 0.1) is 6.92 Å². The summed E-state index contributed by atoms with van der Waals surface area (Å²) in [5, 5.41) is 9.44. The van der Waals surface area contributed by atoms with Crippen molar-refractivity contribution >= 4 is 5.91 Å². The third kappa shape index (κ3) is 2.22. The van der Waals surface area contributed by atoms with Gasteiger partial charge in [-0.15, -0.1) is 0 Å². The van der Waals surface area contributed by atoms with Crippen LogP contribution in [-0.4, -0.2) is 26.1 Å². The Labute approximate surface area is 92.1 Å². The molecule has 6 heteroatoms. The molecular weight excluding hydrogens is 206 g/mol. The van der Waals surface area contributed by atoms with Crippen LogP contribution in [-0.2, 0) is 6.54 Å². The molecule has 2 N–H and O–H groups in total. The molecule has 0 aliphatic heterocycles. The fourth-order valence-electron chi connectivity index (χ4n) is 1.25. The highest BCUT2D eigenvalue weighted by Crippen LogP contribution is 2.02. The number of rotatable bonds is 3. The average Bonchev–Trinajstić information content (AvgIpc) is 2.73. The number of nitrogens with zero attached hydrogens (tertiary/aromatic N) is 3. The maximum atomic E-state index is 11.6. The summed E-state index contributed by atoms with van der Waals surface area (Å²) in [7, 11) is 0. The van der Waals surface area contributed by atoms with Crippen LogP contribution in [0.1, 0.15) is 21.6 Å². The van der Waals surface area contributed by atoms with Crippen LogP contribution in [0.5, 0.6) is 0 Å². The topological polar surface area (TPSA) is 83.6 Å². The molecule has 0 saturated heterocycles. The zero-order chi connectivity index (χ0) is 11.4. The van der Waals surface area contributed by atoms with Crippen LogP contribution in [0.2, 0.25) is 0 Å². The fraction of sp³-hybridized carbons (Fsp3) is 0.200. The molecule has 16 heavy (non-hydrogen) atoms. The van der Waals surface area contributed by atoms with E-state index in [1.54, 1.807) is 6.20 Å². The Kier molecular flexibility index (Phi) is 2.90. The van der Waals surface area contributed by atoms with E-state index < -0.39 is 0 Å². The first kappa shape index (κ1) is 10.3. The molecule has 0 aliphatic carbocycles. The minimum atomic E-state index is -0.193. The highest BCUT2D eigenvalue weighted by molar-refractivity contribution is 5.93.